The maximum absolute atomic E-state index is 14.0. The fourth-order valence-electron chi connectivity index (χ4n) is 4.88. The van der Waals surface area contributed by atoms with E-state index in [9.17, 15) is 22.4 Å². The maximum atomic E-state index is 14.0. The molecule has 3 aromatic rings. The Bertz CT molecular complexity index is 1440. The third kappa shape index (κ3) is 7.68. The predicted molar refractivity (Wildman–Crippen MR) is 161 cm³/mol. The van der Waals surface area contributed by atoms with Crippen LogP contribution in [-0.2, 0) is 26.2 Å². The molecular formula is C31H36FN3O4S2. The van der Waals surface area contributed by atoms with Crippen LogP contribution in [0.15, 0.2) is 82.6 Å². The first-order chi connectivity index (χ1) is 19.6. The molecule has 41 heavy (non-hydrogen) atoms. The van der Waals surface area contributed by atoms with E-state index in [1.165, 1.54) is 40.9 Å². The van der Waals surface area contributed by atoms with Crippen LogP contribution in [0.3, 0.4) is 0 Å². The van der Waals surface area contributed by atoms with E-state index in [1.54, 1.807) is 55.5 Å². The molecule has 0 spiro atoms. The smallest absolute Gasteiger partial charge is 0.264 e. The fraction of sp³-hybridized carbons (Fsp3) is 0.355. The Morgan fingerprint density at radius 2 is 1.59 bits per heavy atom. The number of anilines is 1. The molecule has 218 valence electrons. The molecule has 3 aromatic carbocycles. The van der Waals surface area contributed by atoms with Crippen LogP contribution in [0.25, 0.3) is 0 Å². The first-order valence-corrected chi connectivity index (χ1v) is 16.3. The Morgan fingerprint density at radius 3 is 2.17 bits per heavy atom. The molecule has 0 radical (unpaired) electrons. The number of hydrogen-bond acceptors (Lipinski definition) is 5. The number of sulfonamides is 1. The van der Waals surface area contributed by atoms with Crippen molar-refractivity contribution in [1.82, 2.24) is 10.2 Å². The molecule has 1 saturated carbocycles. The highest BCUT2D eigenvalue weighted by atomic mass is 32.2. The highest BCUT2D eigenvalue weighted by Gasteiger charge is 2.33. The van der Waals surface area contributed by atoms with Gasteiger partial charge in [0.25, 0.3) is 10.0 Å². The van der Waals surface area contributed by atoms with E-state index in [0.29, 0.717) is 11.3 Å². The molecule has 0 saturated heterocycles. The van der Waals surface area contributed by atoms with Crippen molar-refractivity contribution in [3.8, 4) is 0 Å². The van der Waals surface area contributed by atoms with Gasteiger partial charge in [0.15, 0.2) is 0 Å². The number of hydrogen-bond donors (Lipinski definition) is 1. The lowest BCUT2D eigenvalue weighted by molar-refractivity contribution is -0.139. The van der Waals surface area contributed by atoms with Crippen LogP contribution in [0, 0.1) is 12.7 Å². The Hall–Kier alpha value is -3.37. The first kappa shape index (κ1) is 30.6. The van der Waals surface area contributed by atoms with Gasteiger partial charge >= 0.3 is 0 Å². The number of rotatable bonds is 11. The molecule has 2 amide bonds. The largest absolute Gasteiger partial charge is 0.352 e. The number of carbonyl (C=O) groups is 2. The Labute approximate surface area is 246 Å². The number of thioether (sulfide) groups is 1. The lowest BCUT2D eigenvalue weighted by Gasteiger charge is -2.32. The zero-order chi connectivity index (χ0) is 29.6. The highest BCUT2D eigenvalue weighted by molar-refractivity contribution is 7.98. The van der Waals surface area contributed by atoms with Crippen molar-refractivity contribution < 1.29 is 22.4 Å². The van der Waals surface area contributed by atoms with Crippen LogP contribution in [-0.4, -0.2) is 50.0 Å². The summed E-state index contributed by atoms with van der Waals surface area (Å²) in [6.07, 6.45) is 5.76. The Kier molecular flexibility index (Phi) is 10.1. The van der Waals surface area contributed by atoms with Gasteiger partial charge in [-0.15, -0.1) is 11.8 Å². The number of amides is 2. The molecule has 1 aliphatic rings. The van der Waals surface area contributed by atoms with Gasteiger partial charge in [-0.25, -0.2) is 12.8 Å². The van der Waals surface area contributed by atoms with Gasteiger partial charge in [0.2, 0.25) is 11.8 Å². The molecule has 1 aliphatic carbocycles. The van der Waals surface area contributed by atoms with E-state index in [2.05, 4.69) is 5.32 Å². The van der Waals surface area contributed by atoms with Gasteiger partial charge in [-0.05, 0) is 87.0 Å². The molecule has 0 bridgehead atoms. The van der Waals surface area contributed by atoms with Crippen molar-refractivity contribution >= 4 is 39.3 Å². The number of nitrogens with one attached hydrogen (secondary N) is 1. The lowest BCUT2D eigenvalue weighted by atomic mass is 10.1. The highest BCUT2D eigenvalue weighted by Crippen LogP contribution is 2.27. The van der Waals surface area contributed by atoms with Crippen LogP contribution in [0.2, 0.25) is 0 Å². The summed E-state index contributed by atoms with van der Waals surface area (Å²) in [6.45, 7) is 3.03. The van der Waals surface area contributed by atoms with Gasteiger partial charge in [-0.2, -0.15) is 0 Å². The third-order valence-electron chi connectivity index (χ3n) is 7.38. The van der Waals surface area contributed by atoms with Crippen molar-refractivity contribution in [3.63, 3.8) is 0 Å². The summed E-state index contributed by atoms with van der Waals surface area (Å²) < 4.78 is 42.6. The van der Waals surface area contributed by atoms with Gasteiger partial charge in [0, 0.05) is 17.5 Å². The molecule has 0 aromatic heterocycles. The molecule has 0 heterocycles. The van der Waals surface area contributed by atoms with Gasteiger partial charge in [-0.1, -0.05) is 42.7 Å². The molecule has 1 N–H and O–H groups in total. The maximum Gasteiger partial charge on any atom is 0.264 e. The van der Waals surface area contributed by atoms with Crippen molar-refractivity contribution in [1.29, 1.82) is 0 Å². The molecule has 7 nitrogen and oxygen atoms in total. The number of aryl methyl sites for hydroxylation is 1. The second kappa shape index (κ2) is 13.5. The quantitative estimate of drug-likeness (QED) is 0.294. The molecule has 0 unspecified atom stereocenters. The van der Waals surface area contributed by atoms with Crippen molar-refractivity contribution in [3.05, 3.63) is 89.7 Å². The van der Waals surface area contributed by atoms with Crippen molar-refractivity contribution in [2.75, 3.05) is 17.1 Å². The van der Waals surface area contributed by atoms with E-state index in [4.69, 9.17) is 0 Å². The van der Waals surface area contributed by atoms with Gasteiger partial charge in [0.1, 0.15) is 18.4 Å². The summed E-state index contributed by atoms with van der Waals surface area (Å²) in [6, 6.07) is 18.3. The number of halogens is 1. The summed E-state index contributed by atoms with van der Waals surface area (Å²) in [5.41, 5.74) is 1.90. The Balaban J connectivity index is 1.67. The van der Waals surface area contributed by atoms with E-state index in [1.807, 2.05) is 13.2 Å². The third-order valence-corrected chi connectivity index (χ3v) is 9.91. The standard InChI is InChI=1S/C31H36FN3O4S2/c1-22-8-14-27(15-9-22)35(41(38,39)29-18-16-28(40-3)17-19-29)21-30(36)34(20-24-10-12-25(32)13-11-24)23(2)31(37)33-26-6-4-5-7-26/h8-19,23,26H,4-7,20-21H2,1-3H3,(H,33,37)/t23-/m0/s1. The van der Waals surface area contributed by atoms with Crippen LogP contribution in [0.5, 0.6) is 0 Å². The van der Waals surface area contributed by atoms with E-state index in [-0.39, 0.29) is 23.4 Å². The number of nitrogens with zero attached hydrogens (tertiary/aromatic N) is 2. The second-order valence-electron chi connectivity index (χ2n) is 10.3. The van der Waals surface area contributed by atoms with E-state index in [0.717, 1.165) is 40.4 Å². The van der Waals surface area contributed by atoms with Gasteiger partial charge < -0.3 is 10.2 Å². The molecular weight excluding hydrogens is 561 g/mol. The summed E-state index contributed by atoms with van der Waals surface area (Å²) in [4.78, 5) is 29.6. The average Bonchev–Trinajstić information content (AvgIpc) is 3.48. The van der Waals surface area contributed by atoms with E-state index < -0.39 is 34.3 Å². The summed E-state index contributed by atoms with van der Waals surface area (Å²) in [7, 11) is -4.14. The van der Waals surface area contributed by atoms with Crippen LogP contribution >= 0.6 is 11.8 Å². The zero-order valence-electron chi connectivity index (χ0n) is 23.5. The van der Waals surface area contributed by atoms with Crippen molar-refractivity contribution in [2.24, 2.45) is 0 Å². The SMILES string of the molecule is CSc1ccc(S(=O)(=O)N(CC(=O)N(Cc2ccc(F)cc2)[C@@H](C)C(=O)NC2CCCC2)c2ccc(C)cc2)cc1. The second-order valence-corrected chi connectivity index (χ2v) is 13.1. The average molecular weight is 598 g/mol. The topological polar surface area (TPSA) is 86.8 Å². The summed E-state index contributed by atoms with van der Waals surface area (Å²) in [5.74, 6) is -1.26. The minimum absolute atomic E-state index is 0.0164. The number of benzene rings is 3. The monoisotopic (exact) mass is 597 g/mol. The summed E-state index contributed by atoms with van der Waals surface area (Å²) in [5, 5.41) is 3.04. The minimum atomic E-state index is -4.14. The normalized spacial score (nSPS) is 14.4. The van der Waals surface area contributed by atoms with E-state index >= 15 is 0 Å². The molecule has 1 fully saturated rings. The minimum Gasteiger partial charge on any atom is -0.352 e. The zero-order valence-corrected chi connectivity index (χ0v) is 25.2. The predicted octanol–water partition coefficient (Wildman–Crippen LogP) is 5.53. The first-order valence-electron chi connectivity index (χ1n) is 13.7. The molecule has 1 atom stereocenters. The van der Waals surface area contributed by atoms with Crippen LogP contribution in [0.4, 0.5) is 10.1 Å². The van der Waals surface area contributed by atoms with Gasteiger partial charge in [0.05, 0.1) is 10.6 Å². The summed E-state index contributed by atoms with van der Waals surface area (Å²) >= 11 is 1.50. The fourth-order valence-corrected chi connectivity index (χ4v) is 6.70. The molecule has 4 rings (SSSR count). The Morgan fingerprint density at radius 1 is 0.976 bits per heavy atom. The molecule has 10 heteroatoms. The van der Waals surface area contributed by atoms with Crippen LogP contribution < -0.4 is 9.62 Å². The molecule has 0 aliphatic heterocycles. The van der Waals surface area contributed by atoms with Gasteiger partial charge in [-0.3, -0.25) is 13.9 Å². The number of carbonyl (C=O) groups excluding carboxylic acids is 2. The van der Waals surface area contributed by atoms with Crippen LogP contribution in [0.1, 0.15) is 43.7 Å². The van der Waals surface area contributed by atoms with Crippen molar-refractivity contribution in [2.45, 2.75) is 68.0 Å². The lowest BCUT2D eigenvalue weighted by Crippen LogP contribution is -2.52.